The van der Waals surface area contributed by atoms with Gasteiger partial charge in [-0.2, -0.15) is 0 Å². The predicted molar refractivity (Wildman–Crippen MR) is 164 cm³/mol. The standard InChI is InChI=1S/C32H50N6O6/c1-16(2)21(28(42)37(8)14-17-12-13-17)35-30(44)36-25(31(3,4)5)29(43)38-15-19-20(32(19,6)7)23(38)27(41)34-22(18-10-9-11-18)24(39)26(33)40/h17-23,25H,1,9-15H2,2-8H3,(H2,33,40)(H,34,41)(H2,35,36,44)/t19-,20-,21-,22?,23-,25+/m0/s1. The Morgan fingerprint density at radius 3 is 2.11 bits per heavy atom. The number of primary amides is 1. The Kier molecular flexibility index (Phi) is 9.24. The van der Waals surface area contributed by atoms with Crippen LogP contribution in [0.25, 0.3) is 0 Å². The Labute approximate surface area is 260 Å². The molecule has 4 fully saturated rings. The topological polar surface area (TPSA) is 171 Å². The molecule has 0 spiro atoms. The minimum atomic E-state index is -1.10. The molecule has 0 aromatic rings. The molecular formula is C32H50N6O6. The van der Waals surface area contributed by atoms with Crippen molar-refractivity contribution in [3.63, 3.8) is 0 Å². The second-order valence-corrected chi connectivity index (χ2v) is 15.2. The van der Waals surface area contributed by atoms with Crippen molar-refractivity contribution < 1.29 is 28.8 Å². The van der Waals surface area contributed by atoms with Gasteiger partial charge in [-0.3, -0.25) is 24.0 Å². The zero-order chi connectivity index (χ0) is 32.9. The summed E-state index contributed by atoms with van der Waals surface area (Å²) >= 11 is 0. The third-order valence-electron chi connectivity index (χ3n) is 10.2. The lowest BCUT2D eigenvalue weighted by Crippen LogP contribution is -2.63. The summed E-state index contributed by atoms with van der Waals surface area (Å²) in [6.45, 7) is 16.0. The van der Waals surface area contributed by atoms with Gasteiger partial charge in [0.2, 0.25) is 23.5 Å². The summed E-state index contributed by atoms with van der Waals surface area (Å²) in [7, 11) is 1.70. The van der Waals surface area contributed by atoms with Gasteiger partial charge in [0.15, 0.2) is 0 Å². The van der Waals surface area contributed by atoms with E-state index in [-0.39, 0.29) is 29.1 Å². The van der Waals surface area contributed by atoms with Crippen LogP contribution < -0.4 is 21.7 Å². The molecule has 4 aliphatic rings. The van der Waals surface area contributed by atoms with E-state index in [4.69, 9.17) is 5.73 Å². The van der Waals surface area contributed by atoms with Crippen molar-refractivity contribution in [2.24, 2.45) is 40.2 Å². The van der Waals surface area contributed by atoms with E-state index in [2.05, 4.69) is 22.5 Å². The molecule has 0 radical (unpaired) electrons. The van der Waals surface area contributed by atoms with Crippen molar-refractivity contribution in [3.05, 3.63) is 12.2 Å². The number of nitrogens with one attached hydrogen (secondary N) is 3. The van der Waals surface area contributed by atoms with Crippen molar-refractivity contribution in [2.45, 2.75) is 97.8 Å². The summed E-state index contributed by atoms with van der Waals surface area (Å²) < 4.78 is 0. The number of Topliss-reactive ketones (excluding diaryl/α,β-unsaturated/α-hetero) is 1. The highest BCUT2D eigenvalue weighted by atomic mass is 16.2. The second kappa shape index (κ2) is 12.2. The molecule has 5 N–H and O–H groups in total. The number of likely N-dealkylation sites (tertiary alicyclic amines) is 1. The van der Waals surface area contributed by atoms with E-state index in [9.17, 15) is 28.8 Å². The van der Waals surface area contributed by atoms with E-state index >= 15 is 0 Å². The molecule has 12 nitrogen and oxygen atoms in total. The van der Waals surface area contributed by atoms with Crippen molar-refractivity contribution in [1.29, 1.82) is 0 Å². The smallest absolute Gasteiger partial charge is 0.316 e. The third-order valence-corrected chi connectivity index (χ3v) is 10.2. The number of carbonyl (C=O) groups is 6. The number of urea groups is 1. The van der Waals surface area contributed by atoms with Gasteiger partial charge in [0, 0.05) is 20.1 Å². The molecule has 6 amide bonds. The molecule has 0 bridgehead atoms. The van der Waals surface area contributed by atoms with E-state index in [0.29, 0.717) is 37.4 Å². The molecular weight excluding hydrogens is 564 g/mol. The molecule has 0 aromatic heterocycles. The van der Waals surface area contributed by atoms with E-state index in [0.717, 1.165) is 19.3 Å². The number of carbonyl (C=O) groups excluding carboxylic acids is 6. The van der Waals surface area contributed by atoms with Crippen molar-refractivity contribution in [1.82, 2.24) is 25.8 Å². The first-order valence-electron chi connectivity index (χ1n) is 15.8. The first kappa shape index (κ1) is 33.5. The monoisotopic (exact) mass is 614 g/mol. The number of ketones is 1. The Bertz CT molecular complexity index is 1230. The van der Waals surface area contributed by atoms with Crippen LogP contribution in [0.1, 0.15) is 73.6 Å². The van der Waals surface area contributed by atoms with Gasteiger partial charge in [0.1, 0.15) is 24.2 Å². The summed E-state index contributed by atoms with van der Waals surface area (Å²) in [4.78, 5) is 82.0. The molecule has 6 atom stereocenters. The fraction of sp³-hybridized carbons (Fsp3) is 0.750. The minimum absolute atomic E-state index is 0.0676. The lowest BCUT2D eigenvalue weighted by Gasteiger charge is -2.39. The van der Waals surface area contributed by atoms with E-state index in [1.54, 1.807) is 18.9 Å². The molecule has 1 heterocycles. The summed E-state index contributed by atoms with van der Waals surface area (Å²) in [5.41, 5.74) is 4.83. The van der Waals surface area contributed by atoms with Gasteiger partial charge in [-0.15, -0.1) is 0 Å². The molecule has 1 unspecified atom stereocenters. The molecule has 3 aliphatic carbocycles. The molecule has 244 valence electrons. The summed E-state index contributed by atoms with van der Waals surface area (Å²) in [5.74, 6) is -2.90. The van der Waals surface area contributed by atoms with E-state index in [1.165, 1.54) is 4.90 Å². The second-order valence-electron chi connectivity index (χ2n) is 15.2. The maximum atomic E-state index is 14.2. The van der Waals surface area contributed by atoms with Gasteiger partial charge < -0.3 is 31.5 Å². The van der Waals surface area contributed by atoms with Gasteiger partial charge in [0.25, 0.3) is 5.91 Å². The van der Waals surface area contributed by atoms with Gasteiger partial charge >= 0.3 is 6.03 Å². The van der Waals surface area contributed by atoms with E-state index < -0.39 is 59.1 Å². The first-order valence-corrected chi connectivity index (χ1v) is 15.8. The molecule has 3 saturated carbocycles. The molecule has 4 rings (SSSR count). The number of amides is 6. The molecule has 12 heteroatoms. The Balaban J connectivity index is 1.51. The minimum Gasteiger partial charge on any atom is -0.363 e. The number of nitrogens with zero attached hydrogens (tertiary/aromatic N) is 2. The number of nitrogens with two attached hydrogens (primary N) is 1. The van der Waals surface area contributed by atoms with Gasteiger partial charge in [-0.05, 0) is 72.7 Å². The fourth-order valence-electron chi connectivity index (χ4n) is 6.89. The highest BCUT2D eigenvalue weighted by Crippen LogP contribution is 2.65. The van der Waals surface area contributed by atoms with Crippen molar-refractivity contribution >= 4 is 35.4 Å². The third kappa shape index (κ3) is 6.78. The maximum Gasteiger partial charge on any atom is 0.316 e. The Hall–Kier alpha value is -3.44. The SMILES string of the molecule is C=C(C)[C@H](NC(=O)N[C@H](C(=O)N1C[C@H]2[C@@H]([C@H]1C(=O)NC(C(=O)C(N)=O)C1CCC1)C2(C)C)C(C)(C)C)C(=O)N(C)CC1CC1. The molecule has 0 aromatic carbocycles. The normalized spacial score (nSPS) is 25.8. The van der Waals surface area contributed by atoms with Gasteiger partial charge in [-0.1, -0.05) is 47.6 Å². The van der Waals surface area contributed by atoms with Crippen LogP contribution in [0.15, 0.2) is 12.2 Å². The van der Waals surface area contributed by atoms with Crippen LogP contribution in [-0.4, -0.2) is 89.5 Å². The van der Waals surface area contributed by atoms with Crippen LogP contribution in [0.2, 0.25) is 0 Å². The molecule has 44 heavy (non-hydrogen) atoms. The number of hydrogen-bond donors (Lipinski definition) is 4. The Morgan fingerprint density at radius 2 is 1.64 bits per heavy atom. The quantitative estimate of drug-likeness (QED) is 0.191. The average Bonchev–Trinajstić information content (AvgIpc) is 3.74. The van der Waals surface area contributed by atoms with Crippen molar-refractivity contribution in [3.8, 4) is 0 Å². The lowest BCUT2D eigenvalue weighted by molar-refractivity contribution is -0.145. The van der Waals surface area contributed by atoms with Gasteiger partial charge in [0.05, 0.1) is 0 Å². The van der Waals surface area contributed by atoms with Crippen LogP contribution in [0.5, 0.6) is 0 Å². The number of rotatable bonds is 12. The van der Waals surface area contributed by atoms with E-state index in [1.807, 2.05) is 34.6 Å². The summed E-state index contributed by atoms with van der Waals surface area (Å²) in [5, 5.41) is 8.28. The number of likely N-dealkylation sites (N-methyl/N-ethyl adjacent to an activating group) is 1. The highest BCUT2D eigenvalue weighted by Gasteiger charge is 2.70. The maximum absolute atomic E-state index is 14.2. The largest absolute Gasteiger partial charge is 0.363 e. The van der Waals surface area contributed by atoms with Crippen LogP contribution in [0.3, 0.4) is 0 Å². The van der Waals surface area contributed by atoms with Crippen LogP contribution in [0.4, 0.5) is 4.79 Å². The van der Waals surface area contributed by atoms with Crippen molar-refractivity contribution in [2.75, 3.05) is 20.1 Å². The zero-order valence-corrected chi connectivity index (χ0v) is 27.2. The fourth-order valence-corrected chi connectivity index (χ4v) is 6.89. The van der Waals surface area contributed by atoms with Crippen LogP contribution in [-0.2, 0) is 24.0 Å². The Morgan fingerprint density at radius 1 is 1.02 bits per heavy atom. The first-order chi connectivity index (χ1) is 20.4. The molecule has 1 saturated heterocycles. The average molecular weight is 615 g/mol. The summed E-state index contributed by atoms with van der Waals surface area (Å²) in [6.07, 6.45) is 4.45. The lowest BCUT2D eigenvalue weighted by atomic mass is 9.78. The predicted octanol–water partition coefficient (Wildman–Crippen LogP) is 1.34. The van der Waals surface area contributed by atoms with Crippen LogP contribution in [0, 0.1) is 34.5 Å². The number of fused-ring (bicyclic) bond motifs is 1. The van der Waals surface area contributed by atoms with Crippen LogP contribution >= 0.6 is 0 Å². The molecule has 1 aliphatic heterocycles. The highest BCUT2D eigenvalue weighted by molar-refractivity contribution is 6.38. The number of hydrogen-bond acceptors (Lipinski definition) is 6. The zero-order valence-electron chi connectivity index (χ0n) is 27.2. The summed E-state index contributed by atoms with van der Waals surface area (Å²) in [6, 6.07) is -4.58. The number of piperidine rings is 1. The van der Waals surface area contributed by atoms with Gasteiger partial charge in [-0.25, -0.2) is 4.79 Å².